The quantitative estimate of drug-likeness (QED) is 0.535. The van der Waals surface area contributed by atoms with Crippen LogP contribution in [0.5, 0.6) is 0 Å². The van der Waals surface area contributed by atoms with Gasteiger partial charge in [0.2, 0.25) is 5.91 Å². The molecule has 1 unspecified atom stereocenters. The van der Waals surface area contributed by atoms with Crippen LogP contribution in [-0.4, -0.2) is 37.8 Å². The molecule has 0 saturated carbocycles. The molecule has 0 aromatic rings. The number of halogens is 3. The molecule has 1 atom stereocenters. The Balaban J connectivity index is 4.86. The summed E-state index contributed by atoms with van der Waals surface area (Å²) < 4.78 is 40.1. The molecule has 0 N–H and O–H groups in total. The van der Waals surface area contributed by atoms with E-state index in [0.717, 1.165) is 14.0 Å². The van der Waals surface area contributed by atoms with Crippen molar-refractivity contribution in [3.05, 3.63) is 0 Å². The van der Waals surface area contributed by atoms with Gasteiger partial charge in [0, 0.05) is 14.0 Å². The minimum absolute atomic E-state index is 0.163. The van der Waals surface area contributed by atoms with E-state index in [4.69, 9.17) is 0 Å². The number of rotatable bonds is 3. The van der Waals surface area contributed by atoms with Crippen LogP contribution < -0.4 is 0 Å². The number of nitrogens with zero attached hydrogens (tertiary/aromatic N) is 1. The topological polar surface area (TPSA) is 20.3 Å². The van der Waals surface area contributed by atoms with E-state index in [1.54, 1.807) is 0 Å². The predicted molar refractivity (Wildman–Crippen MR) is 51.6 cm³/mol. The largest absolute Gasteiger partial charge is 0.355 e. The zero-order valence-corrected chi connectivity index (χ0v) is 10.1. The SMILES string of the molecule is CC(=O)N(C)C(F)(F)C(F)[Si](C)(C)C. The van der Waals surface area contributed by atoms with Crippen LogP contribution in [0.15, 0.2) is 0 Å². The fourth-order valence-electron chi connectivity index (χ4n) is 0.901. The van der Waals surface area contributed by atoms with Gasteiger partial charge in [-0.05, 0) is 0 Å². The standard InChI is InChI=1S/C8H16F3NOSi/c1-6(13)12(2)8(10,11)7(9)14(3,4)5/h7H,1-5H3. The lowest BCUT2D eigenvalue weighted by Gasteiger charge is -2.34. The highest BCUT2D eigenvalue weighted by Gasteiger charge is 2.51. The number of carbonyl (C=O) groups excluding carboxylic acids is 1. The summed E-state index contributed by atoms with van der Waals surface area (Å²) in [7, 11) is -1.70. The van der Waals surface area contributed by atoms with E-state index in [9.17, 15) is 18.0 Å². The third-order valence-corrected chi connectivity index (χ3v) is 3.85. The molecule has 0 radical (unpaired) electrons. The van der Waals surface area contributed by atoms with Gasteiger partial charge in [-0.2, -0.15) is 8.78 Å². The van der Waals surface area contributed by atoms with Crippen molar-refractivity contribution in [2.24, 2.45) is 0 Å². The van der Waals surface area contributed by atoms with Gasteiger partial charge in [-0.1, -0.05) is 19.6 Å². The summed E-state index contributed by atoms with van der Waals surface area (Å²) in [6.07, 6.45) is 0. The molecule has 0 fully saturated rings. The van der Waals surface area contributed by atoms with Crippen LogP contribution in [0.1, 0.15) is 6.92 Å². The molecule has 0 aromatic heterocycles. The molecular weight excluding hydrogens is 211 g/mol. The van der Waals surface area contributed by atoms with Crippen molar-refractivity contribution in [1.82, 2.24) is 4.90 Å². The van der Waals surface area contributed by atoms with Crippen LogP contribution in [0, 0.1) is 0 Å². The van der Waals surface area contributed by atoms with Crippen molar-refractivity contribution in [3.8, 4) is 0 Å². The van der Waals surface area contributed by atoms with Gasteiger partial charge >= 0.3 is 6.05 Å². The van der Waals surface area contributed by atoms with E-state index in [1.165, 1.54) is 19.6 Å². The molecule has 0 bridgehead atoms. The van der Waals surface area contributed by atoms with Crippen molar-refractivity contribution in [1.29, 1.82) is 0 Å². The van der Waals surface area contributed by atoms with Gasteiger partial charge in [0.05, 0.1) is 8.07 Å². The number of carbonyl (C=O) groups is 1. The van der Waals surface area contributed by atoms with E-state index in [1.807, 2.05) is 0 Å². The summed E-state index contributed by atoms with van der Waals surface area (Å²) in [6, 6.07) is -3.70. The normalized spacial score (nSPS) is 15.1. The summed E-state index contributed by atoms with van der Waals surface area (Å²) in [5.74, 6) is -3.08. The lowest BCUT2D eigenvalue weighted by Crippen LogP contribution is -2.57. The smallest absolute Gasteiger partial charge is 0.285 e. The van der Waals surface area contributed by atoms with Crippen LogP contribution in [0.4, 0.5) is 13.2 Å². The van der Waals surface area contributed by atoms with E-state index >= 15 is 0 Å². The molecule has 14 heavy (non-hydrogen) atoms. The Morgan fingerprint density at radius 3 is 1.93 bits per heavy atom. The summed E-state index contributed by atoms with van der Waals surface area (Å²) in [5.41, 5.74) is 0. The first-order chi connectivity index (χ1) is 6.01. The van der Waals surface area contributed by atoms with Crippen LogP contribution >= 0.6 is 0 Å². The second-order valence-corrected chi connectivity index (χ2v) is 9.63. The third-order valence-electron chi connectivity index (χ3n) is 1.98. The van der Waals surface area contributed by atoms with E-state index in [2.05, 4.69) is 0 Å². The number of alkyl halides is 3. The van der Waals surface area contributed by atoms with E-state index in [-0.39, 0.29) is 4.90 Å². The first kappa shape index (κ1) is 13.5. The minimum Gasteiger partial charge on any atom is -0.285 e. The van der Waals surface area contributed by atoms with E-state index < -0.39 is 25.8 Å². The van der Waals surface area contributed by atoms with Crippen molar-refractivity contribution in [2.45, 2.75) is 38.4 Å². The zero-order chi connectivity index (χ0) is 11.7. The third kappa shape index (κ3) is 2.73. The maximum atomic E-state index is 13.4. The highest BCUT2D eigenvalue weighted by molar-refractivity contribution is 6.77. The first-order valence-electron chi connectivity index (χ1n) is 4.27. The van der Waals surface area contributed by atoms with Gasteiger partial charge in [0.15, 0.2) is 5.79 Å². The van der Waals surface area contributed by atoms with Gasteiger partial charge in [0.25, 0.3) is 0 Å². The maximum Gasteiger partial charge on any atom is 0.355 e. The average Bonchev–Trinajstić information content (AvgIpc) is 1.99. The van der Waals surface area contributed by atoms with Gasteiger partial charge < -0.3 is 0 Å². The Bertz CT molecular complexity index is 227. The maximum absolute atomic E-state index is 13.4. The highest BCUT2D eigenvalue weighted by Crippen LogP contribution is 2.31. The second-order valence-electron chi connectivity index (χ2n) is 4.39. The highest BCUT2D eigenvalue weighted by atomic mass is 28.3. The second kappa shape index (κ2) is 3.92. The molecule has 0 aromatic carbocycles. The fourth-order valence-corrected chi connectivity index (χ4v) is 2.14. The van der Waals surface area contributed by atoms with Crippen molar-refractivity contribution in [2.75, 3.05) is 7.05 Å². The molecule has 2 nitrogen and oxygen atoms in total. The Kier molecular flexibility index (Phi) is 3.77. The number of hydrogen-bond acceptors (Lipinski definition) is 1. The van der Waals surface area contributed by atoms with Gasteiger partial charge in [-0.3, -0.25) is 9.69 Å². The molecule has 0 rings (SSSR count). The number of amides is 1. The Morgan fingerprint density at radius 1 is 1.36 bits per heavy atom. The first-order valence-corrected chi connectivity index (χ1v) is 7.85. The summed E-state index contributed by atoms with van der Waals surface area (Å²) in [5, 5.41) is 0. The summed E-state index contributed by atoms with van der Waals surface area (Å²) >= 11 is 0. The average molecular weight is 227 g/mol. The minimum atomic E-state index is -3.70. The van der Waals surface area contributed by atoms with Crippen molar-refractivity contribution >= 4 is 14.0 Å². The van der Waals surface area contributed by atoms with Crippen LogP contribution in [0.2, 0.25) is 19.6 Å². The van der Waals surface area contributed by atoms with Gasteiger partial charge in [-0.15, -0.1) is 0 Å². The van der Waals surface area contributed by atoms with Crippen LogP contribution in [0.3, 0.4) is 0 Å². The summed E-state index contributed by atoms with van der Waals surface area (Å²) in [6.45, 7) is 5.49. The predicted octanol–water partition coefficient (Wildman–Crippen LogP) is 2.27. The van der Waals surface area contributed by atoms with Crippen LogP contribution in [0.25, 0.3) is 0 Å². The molecular formula is C8H16F3NOSi. The van der Waals surface area contributed by atoms with Crippen LogP contribution in [-0.2, 0) is 4.79 Å². The molecule has 0 spiro atoms. The molecule has 0 aliphatic heterocycles. The Morgan fingerprint density at radius 2 is 1.71 bits per heavy atom. The molecule has 6 heteroatoms. The molecule has 0 aliphatic rings. The lowest BCUT2D eigenvalue weighted by molar-refractivity contribution is -0.179. The molecule has 0 saturated heterocycles. The van der Waals surface area contributed by atoms with Crippen molar-refractivity contribution < 1.29 is 18.0 Å². The van der Waals surface area contributed by atoms with E-state index in [0.29, 0.717) is 0 Å². The van der Waals surface area contributed by atoms with Crippen molar-refractivity contribution in [3.63, 3.8) is 0 Å². The van der Waals surface area contributed by atoms with Gasteiger partial charge in [0.1, 0.15) is 0 Å². The van der Waals surface area contributed by atoms with Gasteiger partial charge in [-0.25, -0.2) is 4.39 Å². The molecule has 1 amide bonds. The Labute approximate surface area is 83.1 Å². The zero-order valence-electron chi connectivity index (χ0n) is 9.07. The summed E-state index contributed by atoms with van der Waals surface area (Å²) in [4.78, 5) is 10.9. The molecule has 84 valence electrons. The lowest BCUT2D eigenvalue weighted by atomic mass is 10.5. The number of hydrogen-bond donors (Lipinski definition) is 0. The Hall–Kier alpha value is -0.523. The molecule has 0 aliphatic carbocycles. The monoisotopic (exact) mass is 227 g/mol. The molecule has 0 heterocycles. The fraction of sp³-hybridized carbons (Fsp3) is 0.875.